The first-order chi connectivity index (χ1) is 12.1. The summed E-state index contributed by atoms with van der Waals surface area (Å²) in [7, 11) is 1.47. The maximum atomic E-state index is 6.26. The van der Waals surface area contributed by atoms with Crippen molar-refractivity contribution in [3.8, 4) is 5.75 Å². The monoisotopic (exact) mass is 357 g/mol. The molecule has 1 aromatic rings. The van der Waals surface area contributed by atoms with E-state index >= 15 is 0 Å². The van der Waals surface area contributed by atoms with Gasteiger partial charge in [-0.05, 0) is 71.1 Å². The second-order valence-corrected chi connectivity index (χ2v) is 8.64. The van der Waals surface area contributed by atoms with Gasteiger partial charge in [-0.2, -0.15) is 0 Å². The molecule has 3 rings (SSSR count). The molecule has 26 heavy (non-hydrogen) atoms. The maximum absolute atomic E-state index is 6.26. The van der Waals surface area contributed by atoms with Crippen molar-refractivity contribution < 1.29 is 14.0 Å². The first-order valence-corrected chi connectivity index (χ1v) is 9.58. The van der Waals surface area contributed by atoms with Crippen LogP contribution in [0.3, 0.4) is 0 Å². The van der Waals surface area contributed by atoms with Gasteiger partial charge in [0.25, 0.3) is 0 Å². The molecule has 0 unspecified atom stereocenters. The van der Waals surface area contributed by atoms with Crippen molar-refractivity contribution in [1.29, 1.82) is 0 Å². The quantitative estimate of drug-likeness (QED) is 0.755. The summed E-state index contributed by atoms with van der Waals surface area (Å²) >= 11 is 0. The van der Waals surface area contributed by atoms with Crippen LogP contribution in [0.2, 0.25) is 0 Å². The lowest BCUT2D eigenvalue weighted by molar-refractivity contribution is 0.00578. The van der Waals surface area contributed by atoms with Crippen LogP contribution < -0.4 is 4.74 Å². The van der Waals surface area contributed by atoms with E-state index in [2.05, 4.69) is 64.7 Å². The van der Waals surface area contributed by atoms with Gasteiger partial charge < -0.3 is 14.0 Å². The lowest BCUT2D eigenvalue weighted by atomic mass is 9.72. The summed E-state index contributed by atoms with van der Waals surface area (Å²) in [5.41, 5.74) is 2.00. The summed E-state index contributed by atoms with van der Waals surface area (Å²) in [4.78, 5) is 2.52. The van der Waals surface area contributed by atoms with E-state index in [0.717, 1.165) is 18.7 Å². The third kappa shape index (κ3) is 3.71. The normalized spacial score (nSPS) is 28.1. The number of hydrogen-bond acceptors (Lipinski definition) is 4. The number of methoxy groups -OCH3 is 1. The van der Waals surface area contributed by atoms with Crippen LogP contribution in [0.4, 0.5) is 0 Å². The lowest BCUT2D eigenvalue weighted by Crippen LogP contribution is -2.44. The molecule has 0 radical (unpaired) electrons. The van der Waals surface area contributed by atoms with E-state index in [9.17, 15) is 0 Å². The van der Waals surface area contributed by atoms with Crippen LogP contribution in [0.1, 0.15) is 53.5 Å². The predicted molar refractivity (Wildman–Crippen MR) is 106 cm³/mol. The zero-order valence-corrected chi connectivity index (χ0v) is 17.2. The molecule has 4 nitrogen and oxygen atoms in total. The van der Waals surface area contributed by atoms with E-state index in [-0.39, 0.29) is 18.3 Å². The highest BCUT2D eigenvalue weighted by molar-refractivity contribution is 6.54. The van der Waals surface area contributed by atoms with Gasteiger partial charge in [-0.15, -0.1) is 0 Å². The van der Waals surface area contributed by atoms with Crippen molar-refractivity contribution in [2.24, 2.45) is 0 Å². The van der Waals surface area contributed by atoms with Crippen molar-refractivity contribution in [3.63, 3.8) is 0 Å². The van der Waals surface area contributed by atoms with E-state index in [4.69, 9.17) is 14.0 Å². The van der Waals surface area contributed by atoms with E-state index in [0.29, 0.717) is 12.1 Å². The second kappa shape index (κ2) is 7.03. The summed E-state index contributed by atoms with van der Waals surface area (Å²) in [5.74, 6) is 0.899. The van der Waals surface area contributed by atoms with Gasteiger partial charge in [-0.1, -0.05) is 18.2 Å². The first kappa shape index (κ1) is 19.5. The Morgan fingerprint density at radius 3 is 2.15 bits per heavy atom. The molecular weight excluding hydrogens is 325 g/mol. The number of rotatable bonds is 4. The zero-order chi connectivity index (χ0) is 19.1. The molecule has 0 amide bonds. The van der Waals surface area contributed by atoms with Crippen LogP contribution in [0, 0.1) is 0 Å². The molecular formula is C21H32BNO3. The highest BCUT2D eigenvalue weighted by Crippen LogP contribution is 2.40. The molecule has 0 aliphatic carbocycles. The molecule has 0 bridgehead atoms. The molecule has 2 aliphatic rings. The number of ether oxygens (including phenoxy) is 1. The van der Waals surface area contributed by atoms with Gasteiger partial charge in [0.1, 0.15) is 5.75 Å². The van der Waals surface area contributed by atoms with Crippen LogP contribution in [0.25, 0.3) is 0 Å². The Morgan fingerprint density at radius 2 is 1.65 bits per heavy atom. The van der Waals surface area contributed by atoms with Crippen LogP contribution in [-0.2, 0) is 15.9 Å². The molecule has 1 saturated heterocycles. The molecule has 0 spiro atoms. The van der Waals surface area contributed by atoms with Gasteiger partial charge in [-0.25, -0.2) is 0 Å². The topological polar surface area (TPSA) is 30.9 Å². The largest absolute Gasteiger partial charge is 0.497 e. The Kier molecular flexibility index (Phi) is 5.26. The van der Waals surface area contributed by atoms with Crippen LogP contribution >= 0.6 is 0 Å². The average molecular weight is 357 g/mol. The number of nitrogens with zero attached hydrogens (tertiary/aromatic N) is 1. The van der Waals surface area contributed by atoms with Gasteiger partial charge in [0, 0.05) is 18.6 Å². The van der Waals surface area contributed by atoms with E-state index in [1.807, 2.05) is 12.1 Å². The summed E-state index contributed by atoms with van der Waals surface area (Å²) < 4.78 is 17.8. The third-order valence-corrected chi connectivity index (χ3v) is 6.16. The Balaban J connectivity index is 1.71. The summed E-state index contributed by atoms with van der Waals surface area (Å²) in [5, 5.41) is 0. The number of hydrogen-bond donors (Lipinski definition) is 0. The van der Waals surface area contributed by atoms with Crippen LogP contribution in [-0.4, -0.2) is 42.4 Å². The summed E-state index contributed by atoms with van der Waals surface area (Å²) in [6, 6.07) is 9.12. The van der Waals surface area contributed by atoms with Crippen molar-refractivity contribution in [1.82, 2.24) is 4.90 Å². The standard InChI is InChI=1S/C21H32BNO3/c1-15-12-18(22-25-20(3,4)21(5,6)26-22)13-16(2)23(15)14-17-8-10-19(24-7)11-9-17/h8-12,15-16H,13-14H2,1-7H3/t15-,16+/m1/s1. The maximum Gasteiger partial charge on any atom is 0.490 e. The molecule has 2 aliphatic heterocycles. The fraction of sp³-hybridized carbons (Fsp3) is 0.619. The van der Waals surface area contributed by atoms with Crippen molar-refractivity contribution in [2.75, 3.05) is 7.11 Å². The minimum Gasteiger partial charge on any atom is -0.497 e. The molecule has 1 fully saturated rings. The average Bonchev–Trinajstić information content (AvgIpc) is 2.79. The van der Waals surface area contributed by atoms with E-state index in [1.54, 1.807) is 7.11 Å². The van der Waals surface area contributed by atoms with Gasteiger partial charge >= 0.3 is 7.12 Å². The summed E-state index contributed by atoms with van der Waals surface area (Å²) in [6.45, 7) is 13.9. The van der Waals surface area contributed by atoms with Gasteiger partial charge in [0.05, 0.1) is 18.3 Å². The second-order valence-electron chi connectivity index (χ2n) is 8.64. The van der Waals surface area contributed by atoms with Gasteiger partial charge in [0.15, 0.2) is 0 Å². The first-order valence-electron chi connectivity index (χ1n) is 9.58. The highest BCUT2D eigenvalue weighted by Gasteiger charge is 2.52. The molecule has 142 valence electrons. The van der Waals surface area contributed by atoms with Gasteiger partial charge in [0.2, 0.25) is 0 Å². The Labute approximate surface area is 158 Å². The third-order valence-electron chi connectivity index (χ3n) is 6.16. The zero-order valence-electron chi connectivity index (χ0n) is 17.2. The van der Waals surface area contributed by atoms with Crippen LogP contribution in [0.5, 0.6) is 5.75 Å². The molecule has 2 atom stereocenters. The van der Waals surface area contributed by atoms with E-state index in [1.165, 1.54) is 11.0 Å². The Bertz CT molecular complexity index is 652. The van der Waals surface area contributed by atoms with E-state index < -0.39 is 0 Å². The fourth-order valence-electron chi connectivity index (χ4n) is 3.74. The highest BCUT2D eigenvalue weighted by atomic mass is 16.7. The molecule has 2 heterocycles. The number of benzene rings is 1. The predicted octanol–water partition coefficient (Wildman–Crippen LogP) is 4.24. The van der Waals surface area contributed by atoms with Crippen molar-refractivity contribution in [2.45, 2.75) is 77.8 Å². The van der Waals surface area contributed by atoms with Crippen molar-refractivity contribution >= 4 is 7.12 Å². The fourth-order valence-corrected chi connectivity index (χ4v) is 3.74. The Hall–Kier alpha value is -1.30. The van der Waals surface area contributed by atoms with Crippen molar-refractivity contribution in [3.05, 3.63) is 41.4 Å². The minimum absolute atomic E-state index is 0.229. The van der Waals surface area contributed by atoms with Crippen LogP contribution in [0.15, 0.2) is 35.8 Å². The van der Waals surface area contributed by atoms with Gasteiger partial charge in [-0.3, -0.25) is 4.90 Å². The molecule has 5 heteroatoms. The minimum atomic E-state index is -0.286. The summed E-state index contributed by atoms with van der Waals surface area (Å²) in [6.07, 6.45) is 3.29. The molecule has 0 N–H and O–H groups in total. The molecule has 0 aromatic heterocycles. The smallest absolute Gasteiger partial charge is 0.490 e. The lowest BCUT2D eigenvalue weighted by Gasteiger charge is -2.38. The molecule has 1 aromatic carbocycles. The molecule has 0 saturated carbocycles. The SMILES string of the molecule is COc1ccc(CN2[C@H](C)C=C(B3OC(C)(C)C(C)(C)O3)C[C@@H]2C)cc1. The Morgan fingerprint density at radius 1 is 1.08 bits per heavy atom.